The monoisotopic (exact) mass is 274 g/mol. The number of halogens is 1. The van der Waals surface area contributed by atoms with Gasteiger partial charge in [0.2, 0.25) is 0 Å². The van der Waals surface area contributed by atoms with E-state index in [0.29, 0.717) is 0 Å². The molecule has 1 saturated carbocycles. The summed E-state index contributed by atoms with van der Waals surface area (Å²) in [4.78, 5) is 5.20. The van der Waals surface area contributed by atoms with E-state index in [1.54, 1.807) is 6.07 Å². The van der Waals surface area contributed by atoms with Crippen molar-refractivity contribution in [3.63, 3.8) is 0 Å². The first kappa shape index (κ1) is 12.8. The van der Waals surface area contributed by atoms with Crippen LogP contribution in [0.15, 0.2) is 24.3 Å². The Hall–Kier alpha value is -0.930. The molecule has 1 aromatic carbocycles. The summed E-state index contributed by atoms with van der Waals surface area (Å²) in [5.74, 6) is 2.60. The third kappa shape index (κ3) is 2.75. The zero-order chi connectivity index (χ0) is 13.5. The Labute approximate surface area is 120 Å². The number of hydrogen-bond acceptors (Lipinski definition) is 2. The van der Waals surface area contributed by atoms with Crippen LogP contribution in [0, 0.1) is 23.6 Å². The molecule has 1 aromatic rings. The lowest BCUT2D eigenvalue weighted by molar-refractivity contribution is 0.245. The van der Waals surface area contributed by atoms with Crippen LogP contribution in [0.25, 0.3) is 0 Å². The first-order valence-electron chi connectivity index (χ1n) is 7.95. The van der Waals surface area contributed by atoms with Crippen LogP contribution in [0.2, 0.25) is 0 Å². The second-order valence-corrected chi connectivity index (χ2v) is 7.01. The molecule has 4 rings (SSSR count). The first-order valence-corrected chi connectivity index (χ1v) is 7.95. The van der Waals surface area contributed by atoms with Gasteiger partial charge in [0, 0.05) is 39.3 Å². The maximum Gasteiger partial charge on any atom is 0.123 e. The number of likely N-dealkylation sites (tertiary alicyclic amines) is 2. The highest BCUT2D eigenvalue weighted by Gasteiger charge is 2.40. The van der Waals surface area contributed by atoms with Crippen LogP contribution < -0.4 is 0 Å². The third-order valence-electron chi connectivity index (χ3n) is 5.15. The summed E-state index contributed by atoms with van der Waals surface area (Å²) in [5, 5.41) is 0. The molecule has 2 heterocycles. The highest BCUT2D eigenvalue weighted by Crippen LogP contribution is 2.36. The molecule has 1 aliphatic carbocycles. The molecule has 2 aliphatic heterocycles. The number of benzene rings is 1. The van der Waals surface area contributed by atoms with Gasteiger partial charge in [-0.15, -0.1) is 0 Å². The second kappa shape index (κ2) is 5.12. The lowest BCUT2D eigenvalue weighted by Gasteiger charge is -2.21. The molecule has 0 aromatic heterocycles. The van der Waals surface area contributed by atoms with Crippen LogP contribution in [-0.2, 0) is 6.54 Å². The Bertz CT molecular complexity index is 472. The molecule has 0 radical (unpaired) electrons. The maximum absolute atomic E-state index is 13.2. The van der Waals surface area contributed by atoms with Gasteiger partial charge >= 0.3 is 0 Å². The van der Waals surface area contributed by atoms with Crippen molar-refractivity contribution in [3.05, 3.63) is 35.6 Å². The fraction of sp³-hybridized carbons (Fsp3) is 0.647. The van der Waals surface area contributed by atoms with E-state index in [4.69, 9.17) is 0 Å². The van der Waals surface area contributed by atoms with Crippen molar-refractivity contribution < 1.29 is 4.39 Å². The van der Waals surface area contributed by atoms with Crippen LogP contribution in [0.1, 0.15) is 18.4 Å². The standard InChI is InChI=1S/C17H23FN2/c18-17-3-1-2-14(6-17)8-20-11-15-9-19(7-13-4-5-13)10-16(15)12-20/h1-3,6,13,15-16H,4-5,7-12H2/t15-,16-/m0/s1. The van der Waals surface area contributed by atoms with Gasteiger partial charge in [0.1, 0.15) is 5.82 Å². The fourth-order valence-corrected chi connectivity index (χ4v) is 4.02. The molecule has 0 bridgehead atoms. The Kier molecular flexibility index (Phi) is 3.27. The molecular weight excluding hydrogens is 251 g/mol. The minimum absolute atomic E-state index is 0.113. The zero-order valence-electron chi connectivity index (χ0n) is 12.0. The second-order valence-electron chi connectivity index (χ2n) is 7.01. The molecular formula is C17H23FN2. The van der Waals surface area contributed by atoms with Crippen molar-refractivity contribution in [1.29, 1.82) is 0 Å². The van der Waals surface area contributed by atoms with Gasteiger partial charge in [-0.1, -0.05) is 12.1 Å². The quantitative estimate of drug-likeness (QED) is 0.833. The van der Waals surface area contributed by atoms with Gasteiger partial charge < -0.3 is 4.90 Å². The van der Waals surface area contributed by atoms with E-state index in [1.807, 2.05) is 12.1 Å². The predicted octanol–water partition coefficient (Wildman–Crippen LogP) is 2.60. The molecule has 3 heteroatoms. The lowest BCUT2D eigenvalue weighted by atomic mass is 10.0. The molecule has 0 amide bonds. The van der Waals surface area contributed by atoms with Gasteiger partial charge in [-0.05, 0) is 48.3 Å². The van der Waals surface area contributed by atoms with Gasteiger partial charge in [-0.25, -0.2) is 4.39 Å². The van der Waals surface area contributed by atoms with Crippen molar-refractivity contribution in [3.8, 4) is 0 Å². The summed E-state index contributed by atoms with van der Waals surface area (Å²) in [5.41, 5.74) is 1.11. The van der Waals surface area contributed by atoms with Gasteiger partial charge in [-0.3, -0.25) is 4.90 Å². The Morgan fingerprint density at radius 2 is 1.70 bits per heavy atom. The summed E-state index contributed by atoms with van der Waals surface area (Å²) in [6, 6.07) is 7.06. The van der Waals surface area contributed by atoms with Crippen molar-refractivity contribution >= 4 is 0 Å². The molecule has 2 saturated heterocycles. The van der Waals surface area contributed by atoms with Crippen LogP contribution in [-0.4, -0.2) is 42.5 Å². The summed E-state index contributed by atoms with van der Waals surface area (Å²) < 4.78 is 13.2. The average Bonchev–Trinajstić information content (AvgIpc) is 3.01. The van der Waals surface area contributed by atoms with E-state index in [-0.39, 0.29) is 5.82 Å². The Morgan fingerprint density at radius 1 is 1.00 bits per heavy atom. The van der Waals surface area contributed by atoms with Gasteiger partial charge in [0.25, 0.3) is 0 Å². The van der Waals surface area contributed by atoms with Gasteiger partial charge in [0.15, 0.2) is 0 Å². The van der Waals surface area contributed by atoms with E-state index in [9.17, 15) is 4.39 Å². The number of rotatable bonds is 4. The van der Waals surface area contributed by atoms with Crippen molar-refractivity contribution in [2.24, 2.45) is 17.8 Å². The molecule has 108 valence electrons. The third-order valence-corrected chi connectivity index (χ3v) is 5.15. The Morgan fingerprint density at radius 3 is 2.35 bits per heavy atom. The zero-order valence-corrected chi connectivity index (χ0v) is 12.0. The summed E-state index contributed by atoms with van der Waals surface area (Å²) in [6.07, 6.45) is 2.91. The molecule has 3 aliphatic rings. The fourth-order valence-electron chi connectivity index (χ4n) is 4.02. The number of nitrogens with zero attached hydrogens (tertiary/aromatic N) is 2. The summed E-state index contributed by atoms with van der Waals surface area (Å²) in [6.45, 7) is 7.23. The van der Waals surface area contributed by atoms with Crippen LogP contribution in [0.4, 0.5) is 4.39 Å². The van der Waals surface area contributed by atoms with E-state index >= 15 is 0 Å². The minimum Gasteiger partial charge on any atom is -0.302 e. The molecule has 0 N–H and O–H groups in total. The van der Waals surface area contributed by atoms with E-state index < -0.39 is 0 Å². The SMILES string of the molecule is Fc1cccc(CN2C[C@@H]3CN(CC4CC4)C[C@H]3C2)c1. The topological polar surface area (TPSA) is 6.48 Å². The van der Waals surface area contributed by atoms with E-state index in [0.717, 1.165) is 29.9 Å². The van der Waals surface area contributed by atoms with Crippen LogP contribution in [0.3, 0.4) is 0 Å². The summed E-state index contributed by atoms with van der Waals surface area (Å²) >= 11 is 0. The largest absolute Gasteiger partial charge is 0.302 e. The molecule has 0 spiro atoms. The summed E-state index contributed by atoms with van der Waals surface area (Å²) in [7, 11) is 0. The molecule has 2 nitrogen and oxygen atoms in total. The predicted molar refractivity (Wildman–Crippen MR) is 77.8 cm³/mol. The minimum atomic E-state index is -0.113. The highest BCUT2D eigenvalue weighted by atomic mass is 19.1. The van der Waals surface area contributed by atoms with Crippen molar-refractivity contribution in [2.75, 3.05) is 32.7 Å². The lowest BCUT2D eigenvalue weighted by Crippen LogP contribution is -2.29. The van der Waals surface area contributed by atoms with Crippen LogP contribution in [0.5, 0.6) is 0 Å². The molecule has 20 heavy (non-hydrogen) atoms. The number of fused-ring (bicyclic) bond motifs is 1. The first-order chi connectivity index (χ1) is 9.76. The van der Waals surface area contributed by atoms with Crippen LogP contribution >= 0.6 is 0 Å². The Balaban J connectivity index is 1.31. The van der Waals surface area contributed by atoms with Gasteiger partial charge in [0.05, 0.1) is 0 Å². The van der Waals surface area contributed by atoms with Crippen molar-refractivity contribution in [1.82, 2.24) is 9.80 Å². The van der Waals surface area contributed by atoms with Gasteiger partial charge in [-0.2, -0.15) is 0 Å². The maximum atomic E-state index is 13.2. The smallest absolute Gasteiger partial charge is 0.123 e. The van der Waals surface area contributed by atoms with Crippen molar-refractivity contribution in [2.45, 2.75) is 19.4 Å². The average molecular weight is 274 g/mol. The molecule has 2 atom stereocenters. The van der Waals surface area contributed by atoms with E-state index in [1.165, 1.54) is 51.6 Å². The molecule has 0 unspecified atom stereocenters. The normalized spacial score (nSPS) is 30.9. The van der Waals surface area contributed by atoms with E-state index in [2.05, 4.69) is 9.80 Å². The number of hydrogen-bond donors (Lipinski definition) is 0. The molecule has 3 fully saturated rings. The highest BCUT2D eigenvalue weighted by molar-refractivity contribution is 5.16.